The van der Waals surface area contributed by atoms with Gasteiger partial charge in [0.05, 0.1) is 19.1 Å². The summed E-state index contributed by atoms with van der Waals surface area (Å²) in [5.74, 6) is -0.551. The van der Waals surface area contributed by atoms with E-state index in [-0.39, 0.29) is 23.9 Å². The van der Waals surface area contributed by atoms with Gasteiger partial charge in [-0.2, -0.15) is 0 Å². The molecule has 1 aliphatic heterocycles. The first-order chi connectivity index (χ1) is 10.7. The molecule has 1 aliphatic rings. The Kier molecular flexibility index (Phi) is 6.15. The fourth-order valence-electron chi connectivity index (χ4n) is 2.49. The van der Waals surface area contributed by atoms with Crippen LogP contribution in [0.1, 0.15) is 24.5 Å². The van der Waals surface area contributed by atoms with Gasteiger partial charge in [0.25, 0.3) is 0 Å². The summed E-state index contributed by atoms with van der Waals surface area (Å²) in [5, 5.41) is 2.89. The second kappa shape index (κ2) is 8.34. The number of nitrogens with one attached hydrogen (secondary N) is 1. The Balaban J connectivity index is 1.82. The molecule has 2 atom stereocenters. The molecule has 1 fully saturated rings. The number of carbonyl (C=O) groups excluding carboxylic acids is 2. The topological polar surface area (TPSA) is 64.6 Å². The molecule has 2 rings (SSSR count). The number of amides is 1. The van der Waals surface area contributed by atoms with Gasteiger partial charge in [-0.3, -0.25) is 4.79 Å². The predicted molar refractivity (Wildman–Crippen MR) is 82.0 cm³/mol. The molecule has 0 aromatic heterocycles. The van der Waals surface area contributed by atoms with Crippen LogP contribution in [0, 0.1) is 5.92 Å². The van der Waals surface area contributed by atoms with E-state index >= 15 is 0 Å². The maximum absolute atomic E-state index is 12.3. The van der Waals surface area contributed by atoms with Crippen molar-refractivity contribution in [1.29, 1.82) is 0 Å². The van der Waals surface area contributed by atoms with Crippen LogP contribution >= 0.6 is 0 Å². The molecule has 1 aromatic rings. The fourth-order valence-corrected chi connectivity index (χ4v) is 2.49. The van der Waals surface area contributed by atoms with E-state index in [9.17, 15) is 9.59 Å². The molecule has 0 saturated carbocycles. The molecule has 5 nitrogen and oxygen atoms in total. The van der Waals surface area contributed by atoms with Gasteiger partial charge in [0, 0.05) is 19.2 Å². The van der Waals surface area contributed by atoms with Crippen LogP contribution in [0.5, 0.6) is 0 Å². The van der Waals surface area contributed by atoms with Gasteiger partial charge >= 0.3 is 5.97 Å². The van der Waals surface area contributed by atoms with E-state index in [0.717, 1.165) is 12.0 Å². The molecular weight excluding hydrogens is 282 g/mol. The summed E-state index contributed by atoms with van der Waals surface area (Å²) in [5.41, 5.74) is 1.03. The van der Waals surface area contributed by atoms with Crippen LogP contribution in [0.25, 0.3) is 0 Å². The van der Waals surface area contributed by atoms with Crippen molar-refractivity contribution >= 4 is 11.9 Å². The zero-order valence-electron chi connectivity index (χ0n) is 12.7. The van der Waals surface area contributed by atoms with Crippen molar-refractivity contribution in [3.63, 3.8) is 0 Å². The van der Waals surface area contributed by atoms with Crippen LogP contribution < -0.4 is 5.32 Å². The quantitative estimate of drug-likeness (QED) is 0.496. The van der Waals surface area contributed by atoms with E-state index in [1.54, 1.807) is 6.08 Å². The second-order valence-electron chi connectivity index (χ2n) is 5.10. The third-order valence-corrected chi connectivity index (χ3v) is 3.62. The molecule has 0 radical (unpaired) electrons. The summed E-state index contributed by atoms with van der Waals surface area (Å²) in [6.07, 6.45) is 4.18. The van der Waals surface area contributed by atoms with Crippen molar-refractivity contribution in [2.75, 3.05) is 20.3 Å². The van der Waals surface area contributed by atoms with Crippen molar-refractivity contribution in [2.24, 2.45) is 5.92 Å². The van der Waals surface area contributed by atoms with Crippen LogP contribution in [0.15, 0.2) is 42.5 Å². The highest BCUT2D eigenvalue weighted by Crippen LogP contribution is 2.34. The molecular formula is C17H21NO4. The number of methoxy groups -OCH3 is 1. The number of hydrogen-bond acceptors (Lipinski definition) is 4. The fraction of sp³-hybridized carbons (Fsp3) is 0.412. The van der Waals surface area contributed by atoms with Gasteiger partial charge in [-0.1, -0.05) is 36.4 Å². The molecule has 1 saturated heterocycles. The van der Waals surface area contributed by atoms with Crippen LogP contribution in [-0.4, -0.2) is 32.1 Å². The first-order valence-electron chi connectivity index (χ1n) is 7.41. The minimum atomic E-state index is -0.389. The Labute approximate surface area is 130 Å². The summed E-state index contributed by atoms with van der Waals surface area (Å²) in [6.45, 7) is 1.09. The third-order valence-electron chi connectivity index (χ3n) is 3.62. The van der Waals surface area contributed by atoms with Crippen molar-refractivity contribution in [3.8, 4) is 0 Å². The minimum Gasteiger partial charge on any atom is -0.466 e. The van der Waals surface area contributed by atoms with Crippen LogP contribution in [0.3, 0.4) is 0 Å². The summed E-state index contributed by atoms with van der Waals surface area (Å²) < 4.78 is 10.2. The van der Waals surface area contributed by atoms with Crippen molar-refractivity contribution in [3.05, 3.63) is 48.0 Å². The molecule has 1 aromatic carbocycles. The Morgan fingerprint density at radius 2 is 2.14 bits per heavy atom. The van der Waals surface area contributed by atoms with Crippen LogP contribution in [0.4, 0.5) is 0 Å². The number of benzene rings is 1. The van der Waals surface area contributed by atoms with E-state index in [4.69, 9.17) is 4.74 Å². The monoisotopic (exact) mass is 303 g/mol. The maximum Gasteiger partial charge on any atom is 0.330 e. The van der Waals surface area contributed by atoms with Gasteiger partial charge in [-0.15, -0.1) is 0 Å². The van der Waals surface area contributed by atoms with E-state index in [0.29, 0.717) is 19.6 Å². The van der Waals surface area contributed by atoms with E-state index in [2.05, 4.69) is 10.1 Å². The van der Waals surface area contributed by atoms with E-state index < -0.39 is 0 Å². The normalized spacial score (nSPS) is 21.0. The maximum atomic E-state index is 12.3. The number of ether oxygens (including phenoxy) is 2. The number of hydrogen-bond donors (Lipinski definition) is 1. The van der Waals surface area contributed by atoms with Crippen LogP contribution in [0.2, 0.25) is 0 Å². The summed E-state index contributed by atoms with van der Waals surface area (Å²) >= 11 is 0. The average Bonchev–Trinajstić information content (AvgIpc) is 3.04. The molecule has 0 unspecified atom stereocenters. The lowest BCUT2D eigenvalue weighted by Crippen LogP contribution is -2.32. The highest BCUT2D eigenvalue weighted by atomic mass is 16.5. The van der Waals surface area contributed by atoms with Gasteiger partial charge in [-0.05, 0) is 18.4 Å². The molecule has 1 heterocycles. The molecule has 22 heavy (non-hydrogen) atoms. The first-order valence-corrected chi connectivity index (χ1v) is 7.41. The Hall–Kier alpha value is -2.14. The molecule has 0 aliphatic carbocycles. The van der Waals surface area contributed by atoms with Crippen molar-refractivity contribution in [2.45, 2.75) is 18.9 Å². The Morgan fingerprint density at radius 3 is 2.86 bits per heavy atom. The standard InChI is InChI=1S/C17H21NO4/c1-21-15(19)9-5-6-11-18-17(20)14-10-12-22-16(14)13-7-3-2-4-8-13/h2-5,7-9,14,16H,6,10-12H2,1H3,(H,18,20)/b9-5+/t14-,16+/m1/s1. The van der Waals surface area contributed by atoms with E-state index in [1.807, 2.05) is 30.3 Å². The lowest BCUT2D eigenvalue weighted by molar-refractivity contribution is -0.134. The van der Waals surface area contributed by atoms with Gasteiger partial charge < -0.3 is 14.8 Å². The average molecular weight is 303 g/mol. The van der Waals surface area contributed by atoms with Crippen molar-refractivity contribution < 1.29 is 19.1 Å². The van der Waals surface area contributed by atoms with Crippen molar-refractivity contribution in [1.82, 2.24) is 5.32 Å². The highest BCUT2D eigenvalue weighted by Gasteiger charge is 2.34. The van der Waals surface area contributed by atoms with Gasteiger partial charge in [0.1, 0.15) is 0 Å². The molecule has 1 N–H and O–H groups in total. The SMILES string of the molecule is COC(=O)/C=C/CCNC(=O)[C@@H]1CCO[C@H]1c1ccccc1. The number of esters is 1. The molecule has 118 valence electrons. The Bertz CT molecular complexity index is 527. The predicted octanol–water partition coefficient (Wildman–Crippen LogP) is 2.00. The first kappa shape index (κ1) is 16.2. The summed E-state index contributed by atoms with van der Waals surface area (Å²) in [6, 6.07) is 9.80. The number of rotatable bonds is 6. The summed E-state index contributed by atoms with van der Waals surface area (Å²) in [7, 11) is 1.33. The van der Waals surface area contributed by atoms with E-state index in [1.165, 1.54) is 13.2 Å². The lowest BCUT2D eigenvalue weighted by atomic mass is 9.94. The lowest BCUT2D eigenvalue weighted by Gasteiger charge is -2.18. The minimum absolute atomic E-state index is 0.00202. The molecule has 0 bridgehead atoms. The molecule has 5 heteroatoms. The highest BCUT2D eigenvalue weighted by molar-refractivity contribution is 5.81. The smallest absolute Gasteiger partial charge is 0.330 e. The molecule has 1 amide bonds. The van der Waals surface area contributed by atoms with Gasteiger partial charge in [0.15, 0.2) is 0 Å². The second-order valence-corrected chi connectivity index (χ2v) is 5.10. The third kappa shape index (κ3) is 4.43. The largest absolute Gasteiger partial charge is 0.466 e. The van der Waals surface area contributed by atoms with Gasteiger partial charge in [-0.25, -0.2) is 4.79 Å². The zero-order valence-corrected chi connectivity index (χ0v) is 12.7. The zero-order chi connectivity index (χ0) is 15.8. The Morgan fingerprint density at radius 1 is 1.36 bits per heavy atom. The molecule has 0 spiro atoms. The summed E-state index contributed by atoms with van der Waals surface area (Å²) in [4.78, 5) is 23.2. The number of carbonyl (C=O) groups is 2. The van der Waals surface area contributed by atoms with Crippen LogP contribution in [-0.2, 0) is 19.1 Å². The van der Waals surface area contributed by atoms with Gasteiger partial charge in [0.2, 0.25) is 5.91 Å².